The van der Waals surface area contributed by atoms with Gasteiger partial charge in [0, 0.05) is 26.2 Å². The van der Waals surface area contributed by atoms with E-state index in [1.54, 1.807) is 0 Å². The van der Waals surface area contributed by atoms with Gasteiger partial charge in [-0.15, -0.1) is 0 Å². The Kier molecular flexibility index (Phi) is 7.14. The Balaban J connectivity index is 2.33. The molecule has 1 rings (SSSR count). The fraction of sp³-hybridized carbons (Fsp3) is 1.00. The third-order valence-electron chi connectivity index (χ3n) is 3.39. The molecular weight excluding hydrogens is 252 g/mol. The Bertz CT molecular complexity index is 319. The largest absolute Gasteiger partial charge is 0.396 e. The Labute approximate surface area is 111 Å². The summed E-state index contributed by atoms with van der Waals surface area (Å²) in [7, 11) is -3.34. The van der Waals surface area contributed by atoms with Gasteiger partial charge in [0.25, 0.3) is 10.2 Å². The van der Waals surface area contributed by atoms with Gasteiger partial charge in [-0.2, -0.15) is 12.7 Å². The molecule has 5 nitrogen and oxygen atoms in total. The first kappa shape index (κ1) is 15.9. The molecular formula is C12H26N2O3S. The molecule has 0 spiro atoms. The summed E-state index contributed by atoms with van der Waals surface area (Å²) in [5.74, 6) is 0.0930. The summed E-state index contributed by atoms with van der Waals surface area (Å²) in [5, 5.41) is 9.11. The highest BCUT2D eigenvalue weighted by molar-refractivity contribution is 7.87. The highest BCUT2D eigenvalue weighted by Crippen LogP contribution is 2.17. The molecule has 0 aromatic carbocycles. The maximum atomic E-state index is 12.0. The summed E-state index contributed by atoms with van der Waals surface area (Å²) in [5.41, 5.74) is 0. The van der Waals surface area contributed by atoms with Crippen molar-refractivity contribution < 1.29 is 13.5 Å². The van der Waals surface area contributed by atoms with E-state index in [2.05, 4.69) is 11.6 Å². The fourth-order valence-electron chi connectivity index (χ4n) is 2.24. The van der Waals surface area contributed by atoms with Crippen LogP contribution >= 0.6 is 0 Å². The van der Waals surface area contributed by atoms with Crippen LogP contribution in [0.3, 0.4) is 0 Å². The smallest absolute Gasteiger partial charge is 0.279 e. The molecule has 1 atom stereocenters. The minimum atomic E-state index is -3.34. The molecule has 108 valence electrons. The van der Waals surface area contributed by atoms with Crippen LogP contribution in [0.5, 0.6) is 0 Å². The Hall–Kier alpha value is -0.170. The van der Waals surface area contributed by atoms with E-state index in [4.69, 9.17) is 5.11 Å². The molecule has 0 aliphatic carbocycles. The molecule has 1 saturated heterocycles. The molecule has 0 saturated carbocycles. The lowest BCUT2D eigenvalue weighted by atomic mass is 10.0. The molecule has 1 unspecified atom stereocenters. The molecule has 0 amide bonds. The summed E-state index contributed by atoms with van der Waals surface area (Å²) in [4.78, 5) is 0. The summed E-state index contributed by atoms with van der Waals surface area (Å²) < 4.78 is 28.1. The maximum Gasteiger partial charge on any atom is 0.279 e. The molecule has 6 heteroatoms. The van der Waals surface area contributed by atoms with Crippen molar-refractivity contribution in [3.8, 4) is 0 Å². The van der Waals surface area contributed by atoms with Crippen LogP contribution in [-0.2, 0) is 10.2 Å². The van der Waals surface area contributed by atoms with E-state index in [0.717, 1.165) is 38.5 Å². The van der Waals surface area contributed by atoms with Crippen molar-refractivity contribution in [2.75, 3.05) is 26.2 Å². The van der Waals surface area contributed by atoms with E-state index < -0.39 is 10.2 Å². The summed E-state index contributed by atoms with van der Waals surface area (Å²) >= 11 is 0. The van der Waals surface area contributed by atoms with Crippen molar-refractivity contribution in [3.63, 3.8) is 0 Å². The van der Waals surface area contributed by atoms with Gasteiger partial charge in [0.1, 0.15) is 0 Å². The standard InChI is InChI=1S/C12H26N2O3S/c1-2-3-4-5-8-13-18(16,17)14-9-6-7-12(10-14)11-15/h12-13,15H,2-11H2,1H3. The van der Waals surface area contributed by atoms with Crippen LogP contribution in [0.15, 0.2) is 0 Å². The minimum Gasteiger partial charge on any atom is -0.396 e. The van der Waals surface area contributed by atoms with Crippen LogP contribution in [0.1, 0.15) is 45.4 Å². The second kappa shape index (κ2) is 8.09. The molecule has 0 bridgehead atoms. The zero-order valence-electron chi connectivity index (χ0n) is 11.3. The van der Waals surface area contributed by atoms with Crippen molar-refractivity contribution in [1.29, 1.82) is 0 Å². The van der Waals surface area contributed by atoms with E-state index >= 15 is 0 Å². The Morgan fingerprint density at radius 1 is 1.33 bits per heavy atom. The molecule has 1 aliphatic rings. The van der Waals surface area contributed by atoms with E-state index in [0.29, 0.717) is 19.6 Å². The number of aliphatic hydroxyl groups is 1. The highest BCUT2D eigenvalue weighted by atomic mass is 32.2. The van der Waals surface area contributed by atoms with Crippen LogP contribution in [0, 0.1) is 5.92 Å². The highest BCUT2D eigenvalue weighted by Gasteiger charge is 2.27. The minimum absolute atomic E-state index is 0.0719. The van der Waals surface area contributed by atoms with Crippen molar-refractivity contribution in [2.24, 2.45) is 5.92 Å². The summed E-state index contributed by atoms with van der Waals surface area (Å²) in [6.07, 6.45) is 6.01. The summed E-state index contributed by atoms with van der Waals surface area (Å²) in [6.45, 7) is 3.74. The van der Waals surface area contributed by atoms with Gasteiger partial charge < -0.3 is 5.11 Å². The monoisotopic (exact) mass is 278 g/mol. The topological polar surface area (TPSA) is 69.6 Å². The average Bonchev–Trinajstić information content (AvgIpc) is 2.38. The maximum absolute atomic E-state index is 12.0. The van der Waals surface area contributed by atoms with Crippen LogP contribution in [0.4, 0.5) is 0 Å². The quantitative estimate of drug-likeness (QED) is 0.653. The lowest BCUT2D eigenvalue weighted by Crippen LogP contribution is -2.46. The Morgan fingerprint density at radius 2 is 2.11 bits per heavy atom. The first-order chi connectivity index (χ1) is 8.60. The van der Waals surface area contributed by atoms with Gasteiger partial charge >= 0.3 is 0 Å². The normalized spacial score (nSPS) is 22.2. The first-order valence-corrected chi connectivity index (χ1v) is 8.39. The van der Waals surface area contributed by atoms with Crippen molar-refractivity contribution in [3.05, 3.63) is 0 Å². The molecule has 18 heavy (non-hydrogen) atoms. The third-order valence-corrected chi connectivity index (χ3v) is 4.98. The predicted octanol–water partition coefficient (Wildman–Crippen LogP) is 1.11. The Morgan fingerprint density at radius 3 is 2.78 bits per heavy atom. The van der Waals surface area contributed by atoms with Crippen LogP contribution < -0.4 is 4.72 Å². The average molecular weight is 278 g/mol. The van der Waals surface area contributed by atoms with Crippen LogP contribution in [-0.4, -0.2) is 44.1 Å². The molecule has 1 heterocycles. The molecule has 1 aliphatic heterocycles. The first-order valence-electron chi connectivity index (χ1n) is 6.95. The second-order valence-electron chi connectivity index (χ2n) is 5.01. The molecule has 0 aromatic heterocycles. The number of hydrogen-bond acceptors (Lipinski definition) is 3. The number of aliphatic hydroxyl groups excluding tert-OH is 1. The van der Waals surface area contributed by atoms with Gasteiger partial charge in [-0.3, -0.25) is 0 Å². The number of rotatable bonds is 8. The lowest BCUT2D eigenvalue weighted by molar-refractivity contribution is 0.165. The fourth-order valence-corrected chi connectivity index (χ4v) is 3.60. The van der Waals surface area contributed by atoms with Crippen LogP contribution in [0.2, 0.25) is 0 Å². The zero-order chi connectivity index (χ0) is 13.4. The lowest BCUT2D eigenvalue weighted by Gasteiger charge is -2.30. The van der Waals surface area contributed by atoms with Crippen LogP contribution in [0.25, 0.3) is 0 Å². The van der Waals surface area contributed by atoms with E-state index in [1.165, 1.54) is 4.31 Å². The van der Waals surface area contributed by atoms with E-state index in [9.17, 15) is 8.42 Å². The van der Waals surface area contributed by atoms with Gasteiger partial charge in [0.2, 0.25) is 0 Å². The number of piperidine rings is 1. The third kappa shape index (κ3) is 5.22. The number of unbranched alkanes of at least 4 members (excludes halogenated alkanes) is 3. The van der Waals surface area contributed by atoms with Gasteiger partial charge in [-0.1, -0.05) is 26.2 Å². The van der Waals surface area contributed by atoms with Gasteiger partial charge in [-0.05, 0) is 25.2 Å². The van der Waals surface area contributed by atoms with Gasteiger partial charge in [0.15, 0.2) is 0 Å². The zero-order valence-corrected chi connectivity index (χ0v) is 12.1. The molecule has 0 radical (unpaired) electrons. The number of hydrogen-bond donors (Lipinski definition) is 2. The van der Waals surface area contributed by atoms with Crippen molar-refractivity contribution in [2.45, 2.75) is 45.4 Å². The number of nitrogens with one attached hydrogen (secondary N) is 1. The van der Waals surface area contributed by atoms with E-state index in [1.807, 2.05) is 0 Å². The van der Waals surface area contributed by atoms with E-state index in [-0.39, 0.29) is 12.5 Å². The SMILES string of the molecule is CCCCCCNS(=O)(=O)N1CCCC(CO)C1. The molecule has 2 N–H and O–H groups in total. The summed E-state index contributed by atoms with van der Waals surface area (Å²) in [6, 6.07) is 0. The molecule has 1 fully saturated rings. The van der Waals surface area contributed by atoms with Crippen molar-refractivity contribution in [1.82, 2.24) is 9.03 Å². The second-order valence-corrected chi connectivity index (χ2v) is 6.76. The predicted molar refractivity (Wildman–Crippen MR) is 72.4 cm³/mol. The molecule has 0 aromatic rings. The van der Waals surface area contributed by atoms with Gasteiger partial charge in [0.05, 0.1) is 0 Å². The van der Waals surface area contributed by atoms with Gasteiger partial charge in [-0.25, -0.2) is 4.72 Å². The van der Waals surface area contributed by atoms with Crippen molar-refractivity contribution >= 4 is 10.2 Å². The number of nitrogens with zero attached hydrogens (tertiary/aromatic N) is 1.